The number of nitrogens with one attached hydrogen (secondary N) is 1. The number of nitrogens with two attached hydrogens (primary N) is 1. The van der Waals surface area contributed by atoms with Crippen LogP contribution in [0, 0.1) is 11.3 Å². The molecule has 126 valence electrons. The molecule has 1 aliphatic heterocycles. The van der Waals surface area contributed by atoms with E-state index in [0.29, 0.717) is 32.6 Å². The highest BCUT2D eigenvalue weighted by Gasteiger charge is 2.59. The fourth-order valence-electron chi connectivity index (χ4n) is 3.16. The van der Waals surface area contributed by atoms with Crippen LogP contribution in [0.3, 0.4) is 0 Å². The number of halogens is 3. The third-order valence-corrected chi connectivity index (χ3v) is 4.90. The van der Waals surface area contributed by atoms with Gasteiger partial charge in [-0.25, -0.2) is 5.84 Å². The minimum atomic E-state index is -5.02. The molecule has 1 atom stereocenters. The van der Waals surface area contributed by atoms with Crippen molar-refractivity contribution >= 4 is 11.8 Å². The highest BCUT2D eigenvalue weighted by atomic mass is 19.4. The highest BCUT2D eigenvalue weighted by Crippen LogP contribution is 2.55. The number of hydrogen-bond donors (Lipinski definition) is 3. The molecule has 2 aliphatic rings. The minimum Gasteiger partial charge on any atom is -0.373 e. The van der Waals surface area contributed by atoms with E-state index in [1.807, 2.05) is 0 Å². The number of carbonyl (C=O) groups is 2. The molecule has 0 aromatic rings. The topological polar surface area (TPSA) is 95.7 Å². The zero-order valence-electron chi connectivity index (χ0n) is 12.2. The van der Waals surface area contributed by atoms with Crippen LogP contribution >= 0.6 is 0 Å². The van der Waals surface area contributed by atoms with Gasteiger partial charge in [0.2, 0.25) is 11.5 Å². The average Bonchev–Trinajstić information content (AvgIpc) is 3.26. The zero-order chi connectivity index (χ0) is 16.8. The van der Waals surface area contributed by atoms with Crippen LogP contribution in [0.4, 0.5) is 13.2 Å². The summed E-state index contributed by atoms with van der Waals surface area (Å²) in [4.78, 5) is 24.7. The second-order valence-corrected chi connectivity index (χ2v) is 6.27. The van der Waals surface area contributed by atoms with E-state index < -0.39 is 23.1 Å². The second kappa shape index (κ2) is 5.38. The van der Waals surface area contributed by atoms with Gasteiger partial charge < -0.3 is 10.0 Å². The molecule has 1 saturated carbocycles. The smallest absolute Gasteiger partial charge is 0.373 e. The summed E-state index contributed by atoms with van der Waals surface area (Å²) in [6.45, 7) is 0.649. The Bertz CT molecular complexity index is 467. The van der Waals surface area contributed by atoms with Gasteiger partial charge in [-0.2, -0.15) is 13.2 Å². The third-order valence-electron chi connectivity index (χ3n) is 4.90. The molecular formula is C13H20F3N3O3. The molecule has 22 heavy (non-hydrogen) atoms. The minimum absolute atomic E-state index is 0.00376. The largest absolute Gasteiger partial charge is 0.426 e. The molecular weight excluding hydrogens is 303 g/mol. The summed E-state index contributed by atoms with van der Waals surface area (Å²) in [5.41, 5.74) is -1.78. The van der Waals surface area contributed by atoms with Gasteiger partial charge in [-0.15, -0.1) is 0 Å². The van der Waals surface area contributed by atoms with Gasteiger partial charge in [-0.05, 0) is 38.5 Å². The van der Waals surface area contributed by atoms with Crippen LogP contribution < -0.4 is 11.3 Å². The number of likely N-dealkylation sites (tertiary alicyclic amines) is 1. The molecule has 2 amide bonds. The Morgan fingerprint density at radius 3 is 2.14 bits per heavy atom. The Hall–Kier alpha value is -1.35. The molecule has 0 unspecified atom stereocenters. The predicted octanol–water partition coefficient (Wildman–Crippen LogP) is 0.308. The SMILES string of the molecule is C[C@@](O)(C(=O)N1CCC(C2(C(=O)NN)CC2)CC1)C(F)(F)F. The van der Waals surface area contributed by atoms with Crippen LogP contribution in [0.25, 0.3) is 0 Å². The molecule has 2 rings (SSSR count). The van der Waals surface area contributed by atoms with Crippen LogP contribution in [-0.4, -0.2) is 46.7 Å². The average molecular weight is 323 g/mol. The third kappa shape index (κ3) is 2.67. The second-order valence-electron chi connectivity index (χ2n) is 6.27. The monoisotopic (exact) mass is 323 g/mol. The van der Waals surface area contributed by atoms with Crippen LogP contribution in [0.15, 0.2) is 0 Å². The maximum Gasteiger partial charge on any atom is 0.426 e. The van der Waals surface area contributed by atoms with Gasteiger partial charge in [-0.3, -0.25) is 15.0 Å². The van der Waals surface area contributed by atoms with Gasteiger partial charge in [0.05, 0.1) is 5.41 Å². The first-order valence-electron chi connectivity index (χ1n) is 7.16. The van der Waals surface area contributed by atoms with Gasteiger partial charge in [0.1, 0.15) is 0 Å². The number of piperidine rings is 1. The lowest BCUT2D eigenvalue weighted by Crippen LogP contribution is -2.58. The van der Waals surface area contributed by atoms with Crippen molar-refractivity contribution in [3.63, 3.8) is 0 Å². The van der Waals surface area contributed by atoms with E-state index in [1.165, 1.54) is 0 Å². The van der Waals surface area contributed by atoms with Crippen molar-refractivity contribution in [1.82, 2.24) is 10.3 Å². The summed E-state index contributed by atoms with van der Waals surface area (Å²) in [5.74, 6) is 3.57. The summed E-state index contributed by atoms with van der Waals surface area (Å²) in [6, 6.07) is 0. The summed E-state index contributed by atoms with van der Waals surface area (Å²) in [5, 5.41) is 9.44. The standard InChI is InChI=1S/C13H20F3N3O3/c1-11(22,13(14,15)16)10(21)19-6-2-8(3-7-19)12(4-5-12)9(20)18-17/h8,22H,2-7,17H2,1H3,(H,18,20)/t11-/m1/s1. The van der Waals surface area contributed by atoms with Crippen molar-refractivity contribution < 1.29 is 27.9 Å². The molecule has 1 saturated heterocycles. The number of aliphatic hydroxyl groups is 1. The quantitative estimate of drug-likeness (QED) is 0.396. The molecule has 1 heterocycles. The van der Waals surface area contributed by atoms with E-state index in [2.05, 4.69) is 5.43 Å². The predicted molar refractivity (Wildman–Crippen MR) is 70.0 cm³/mol. The van der Waals surface area contributed by atoms with Gasteiger partial charge >= 0.3 is 6.18 Å². The molecule has 0 spiro atoms. The molecule has 9 heteroatoms. The van der Waals surface area contributed by atoms with Crippen molar-refractivity contribution in [2.45, 2.75) is 44.4 Å². The zero-order valence-corrected chi connectivity index (χ0v) is 12.2. The maximum atomic E-state index is 12.7. The molecule has 4 N–H and O–H groups in total. The summed E-state index contributed by atoms with van der Waals surface area (Å²) >= 11 is 0. The number of hydrazine groups is 1. The van der Waals surface area contributed by atoms with Crippen LogP contribution in [-0.2, 0) is 9.59 Å². The first-order chi connectivity index (χ1) is 10.1. The van der Waals surface area contributed by atoms with E-state index in [9.17, 15) is 27.9 Å². The summed E-state index contributed by atoms with van der Waals surface area (Å²) < 4.78 is 38.1. The normalized spacial score (nSPS) is 24.5. The van der Waals surface area contributed by atoms with Crippen LogP contribution in [0.5, 0.6) is 0 Å². The van der Waals surface area contributed by atoms with Crippen molar-refractivity contribution in [1.29, 1.82) is 0 Å². The fourth-order valence-corrected chi connectivity index (χ4v) is 3.16. The van der Waals surface area contributed by atoms with Crippen molar-refractivity contribution in [3.8, 4) is 0 Å². The van der Waals surface area contributed by atoms with Gasteiger partial charge in [0.15, 0.2) is 0 Å². The highest BCUT2D eigenvalue weighted by molar-refractivity contribution is 5.86. The van der Waals surface area contributed by atoms with Crippen molar-refractivity contribution in [2.75, 3.05) is 13.1 Å². The number of carbonyl (C=O) groups excluding carboxylic acids is 2. The number of rotatable bonds is 3. The Balaban J connectivity index is 1.98. The molecule has 0 bridgehead atoms. The fraction of sp³-hybridized carbons (Fsp3) is 0.846. The number of alkyl halides is 3. The molecule has 2 fully saturated rings. The lowest BCUT2D eigenvalue weighted by molar-refractivity contribution is -0.250. The van der Waals surface area contributed by atoms with E-state index in [4.69, 9.17) is 5.84 Å². The van der Waals surface area contributed by atoms with E-state index in [0.717, 1.165) is 4.90 Å². The van der Waals surface area contributed by atoms with E-state index in [1.54, 1.807) is 0 Å². The van der Waals surface area contributed by atoms with Crippen molar-refractivity contribution in [3.05, 3.63) is 0 Å². The first-order valence-corrected chi connectivity index (χ1v) is 7.16. The maximum absolute atomic E-state index is 12.7. The number of nitrogens with zero attached hydrogens (tertiary/aromatic N) is 1. The lowest BCUT2D eigenvalue weighted by Gasteiger charge is -2.38. The number of hydrogen-bond acceptors (Lipinski definition) is 4. The Morgan fingerprint density at radius 2 is 1.77 bits per heavy atom. The van der Waals surface area contributed by atoms with E-state index >= 15 is 0 Å². The van der Waals surface area contributed by atoms with E-state index in [-0.39, 0.29) is 24.9 Å². The van der Waals surface area contributed by atoms with Gasteiger partial charge in [0.25, 0.3) is 5.91 Å². The Morgan fingerprint density at radius 1 is 1.27 bits per heavy atom. The summed E-state index contributed by atoms with van der Waals surface area (Å²) in [7, 11) is 0. The van der Waals surface area contributed by atoms with Crippen LogP contribution in [0.1, 0.15) is 32.6 Å². The number of amides is 2. The van der Waals surface area contributed by atoms with Gasteiger partial charge in [-0.1, -0.05) is 0 Å². The van der Waals surface area contributed by atoms with Crippen molar-refractivity contribution in [2.24, 2.45) is 17.2 Å². The Kier molecular flexibility index (Phi) is 4.16. The molecule has 0 aromatic heterocycles. The molecule has 6 nitrogen and oxygen atoms in total. The first kappa shape index (κ1) is 17.0. The Labute approximate surface area is 125 Å². The molecule has 1 aliphatic carbocycles. The van der Waals surface area contributed by atoms with Gasteiger partial charge in [0, 0.05) is 13.1 Å². The van der Waals surface area contributed by atoms with Crippen LogP contribution in [0.2, 0.25) is 0 Å². The summed E-state index contributed by atoms with van der Waals surface area (Å²) in [6.07, 6.45) is -2.76. The molecule has 0 aromatic carbocycles. The lowest BCUT2D eigenvalue weighted by atomic mass is 9.80. The molecule has 0 radical (unpaired) electrons.